The summed E-state index contributed by atoms with van der Waals surface area (Å²) in [5.74, 6) is 1.13. The fourth-order valence-corrected chi connectivity index (χ4v) is 3.67. The zero-order valence-corrected chi connectivity index (χ0v) is 12.5. The number of amides is 2. The maximum Gasteiger partial charge on any atom is 0.323 e. The average molecular weight is 278 g/mol. The lowest BCUT2D eigenvalue weighted by Crippen LogP contribution is -2.50. The molecule has 2 saturated heterocycles. The van der Waals surface area contributed by atoms with Crippen molar-refractivity contribution in [1.82, 2.24) is 15.1 Å². The Morgan fingerprint density at radius 2 is 2.15 bits per heavy atom. The van der Waals surface area contributed by atoms with Crippen LogP contribution in [-0.2, 0) is 0 Å². The van der Waals surface area contributed by atoms with Gasteiger partial charge in [0.2, 0.25) is 0 Å². The second-order valence-corrected chi connectivity index (χ2v) is 6.59. The number of carbonyl (C=O) groups is 1. The predicted molar refractivity (Wildman–Crippen MR) is 79.0 cm³/mol. The van der Waals surface area contributed by atoms with Crippen molar-refractivity contribution in [2.45, 2.75) is 51.0 Å². The Kier molecular flexibility index (Phi) is 3.71. The normalized spacial score (nSPS) is 31.8. The van der Waals surface area contributed by atoms with Gasteiger partial charge in [0, 0.05) is 13.1 Å². The largest absolute Gasteiger partial charge is 0.323 e. The van der Waals surface area contributed by atoms with Crippen LogP contribution in [0.1, 0.15) is 45.4 Å². The number of hydrogen-bond donors (Lipinski definition) is 2. The van der Waals surface area contributed by atoms with Crippen molar-refractivity contribution < 1.29 is 4.79 Å². The summed E-state index contributed by atoms with van der Waals surface area (Å²) in [7, 11) is 0. The van der Waals surface area contributed by atoms with Gasteiger partial charge in [0.05, 0.1) is 0 Å². The zero-order chi connectivity index (χ0) is 14.2. The lowest BCUT2D eigenvalue weighted by molar-refractivity contribution is 0.157. The topological polar surface area (TPSA) is 59.4 Å². The van der Waals surface area contributed by atoms with Crippen LogP contribution in [0.2, 0.25) is 0 Å². The molecule has 1 saturated carbocycles. The molecule has 2 aliphatic heterocycles. The van der Waals surface area contributed by atoms with Gasteiger partial charge in [0.15, 0.2) is 0 Å². The summed E-state index contributed by atoms with van der Waals surface area (Å²) in [4.78, 5) is 16.7. The van der Waals surface area contributed by atoms with Crippen molar-refractivity contribution in [2.75, 3.05) is 26.2 Å². The van der Waals surface area contributed by atoms with E-state index in [0.29, 0.717) is 11.8 Å². The number of nitrogens with zero attached hydrogens (tertiary/aromatic N) is 2. The molecular weight excluding hydrogens is 252 g/mol. The molecule has 0 aromatic heterocycles. The van der Waals surface area contributed by atoms with Crippen LogP contribution in [0.25, 0.3) is 0 Å². The highest BCUT2D eigenvalue weighted by Gasteiger charge is 2.51. The maximum atomic E-state index is 12.2. The first-order valence-electron chi connectivity index (χ1n) is 8.06. The highest BCUT2D eigenvalue weighted by Crippen LogP contribution is 2.38. The van der Waals surface area contributed by atoms with Crippen LogP contribution in [0.4, 0.5) is 4.79 Å². The first kappa shape index (κ1) is 13.9. The van der Waals surface area contributed by atoms with Gasteiger partial charge in [0.1, 0.15) is 11.4 Å². The SMILES string of the molecule is CCCN1CCCC2(CC1)C(=N)NC(=O)N2CC1CC1. The molecule has 2 amide bonds. The Hall–Kier alpha value is -1.10. The molecule has 3 rings (SSSR count). The molecule has 1 atom stereocenters. The van der Waals surface area contributed by atoms with Gasteiger partial charge in [-0.05, 0) is 57.5 Å². The summed E-state index contributed by atoms with van der Waals surface area (Å²) in [5.41, 5.74) is -0.331. The summed E-state index contributed by atoms with van der Waals surface area (Å²) < 4.78 is 0. The molecular formula is C15H26N4O. The summed E-state index contributed by atoms with van der Waals surface area (Å²) >= 11 is 0. The standard InChI is InChI=1S/C15H26N4O/c1-2-8-18-9-3-6-15(7-10-18)13(16)17-14(20)19(15)11-12-4-5-12/h12H,2-11H2,1H3,(H2,16,17,20). The van der Waals surface area contributed by atoms with Crippen LogP contribution in [0.5, 0.6) is 0 Å². The van der Waals surface area contributed by atoms with E-state index in [9.17, 15) is 4.79 Å². The van der Waals surface area contributed by atoms with E-state index in [2.05, 4.69) is 17.1 Å². The van der Waals surface area contributed by atoms with E-state index in [1.54, 1.807) is 0 Å². The fraction of sp³-hybridized carbons (Fsp3) is 0.867. The molecule has 0 radical (unpaired) electrons. The monoisotopic (exact) mass is 278 g/mol. The van der Waals surface area contributed by atoms with Crippen molar-refractivity contribution in [3.05, 3.63) is 0 Å². The summed E-state index contributed by atoms with van der Waals surface area (Å²) in [6.07, 6.45) is 6.60. The number of carbonyl (C=O) groups excluding carboxylic acids is 1. The molecule has 2 N–H and O–H groups in total. The first-order chi connectivity index (χ1) is 9.65. The third-order valence-corrected chi connectivity index (χ3v) is 5.04. The zero-order valence-electron chi connectivity index (χ0n) is 12.5. The van der Waals surface area contributed by atoms with Crippen LogP contribution in [0.15, 0.2) is 0 Å². The third kappa shape index (κ3) is 2.43. The Morgan fingerprint density at radius 1 is 1.35 bits per heavy atom. The van der Waals surface area contributed by atoms with E-state index in [4.69, 9.17) is 5.41 Å². The smallest absolute Gasteiger partial charge is 0.311 e. The lowest BCUT2D eigenvalue weighted by atomic mass is 9.88. The third-order valence-electron chi connectivity index (χ3n) is 5.04. The van der Waals surface area contributed by atoms with E-state index < -0.39 is 0 Å². The van der Waals surface area contributed by atoms with Crippen molar-refractivity contribution in [3.63, 3.8) is 0 Å². The number of nitrogens with one attached hydrogen (secondary N) is 2. The van der Waals surface area contributed by atoms with Crippen molar-refractivity contribution in [1.29, 1.82) is 5.41 Å². The van der Waals surface area contributed by atoms with Crippen LogP contribution in [0, 0.1) is 11.3 Å². The highest BCUT2D eigenvalue weighted by molar-refractivity contribution is 6.08. The second kappa shape index (κ2) is 5.35. The Morgan fingerprint density at radius 3 is 2.85 bits per heavy atom. The average Bonchev–Trinajstić information content (AvgIpc) is 3.20. The Labute approximate surface area is 121 Å². The molecule has 1 unspecified atom stereocenters. The van der Waals surface area contributed by atoms with E-state index in [1.165, 1.54) is 19.3 Å². The molecule has 3 fully saturated rings. The number of rotatable bonds is 4. The molecule has 0 aromatic carbocycles. The molecule has 5 nitrogen and oxygen atoms in total. The van der Waals surface area contributed by atoms with E-state index in [0.717, 1.165) is 45.4 Å². The van der Waals surface area contributed by atoms with Gasteiger partial charge < -0.3 is 9.80 Å². The van der Waals surface area contributed by atoms with E-state index in [1.807, 2.05) is 4.90 Å². The molecule has 112 valence electrons. The first-order valence-corrected chi connectivity index (χ1v) is 8.06. The van der Waals surface area contributed by atoms with E-state index >= 15 is 0 Å². The summed E-state index contributed by atoms with van der Waals surface area (Å²) in [5, 5.41) is 11.1. The quantitative estimate of drug-likeness (QED) is 0.826. The van der Waals surface area contributed by atoms with Crippen LogP contribution in [0.3, 0.4) is 0 Å². The van der Waals surface area contributed by atoms with Gasteiger partial charge in [-0.3, -0.25) is 10.7 Å². The Bertz CT molecular complexity index is 407. The predicted octanol–water partition coefficient (Wildman–Crippen LogP) is 2.03. The van der Waals surface area contributed by atoms with Gasteiger partial charge in [-0.2, -0.15) is 0 Å². The maximum absolute atomic E-state index is 12.2. The molecule has 1 spiro atoms. The second-order valence-electron chi connectivity index (χ2n) is 6.59. The molecule has 2 heterocycles. The minimum Gasteiger partial charge on any atom is -0.311 e. The van der Waals surface area contributed by atoms with Crippen LogP contribution in [-0.4, -0.2) is 53.4 Å². The molecule has 1 aliphatic carbocycles. The minimum atomic E-state index is -0.331. The van der Waals surface area contributed by atoms with Crippen LogP contribution < -0.4 is 5.32 Å². The van der Waals surface area contributed by atoms with Crippen molar-refractivity contribution in [2.24, 2.45) is 5.92 Å². The number of hydrogen-bond acceptors (Lipinski definition) is 3. The highest BCUT2D eigenvalue weighted by atomic mass is 16.2. The molecule has 0 bridgehead atoms. The van der Waals surface area contributed by atoms with E-state index in [-0.39, 0.29) is 11.6 Å². The van der Waals surface area contributed by atoms with Gasteiger partial charge in [-0.25, -0.2) is 4.79 Å². The van der Waals surface area contributed by atoms with Gasteiger partial charge >= 0.3 is 6.03 Å². The van der Waals surface area contributed by atoms with Crippen molar-refractivity contribution >= 4 is 11.9 Å². The fourth-order valence-electron chi connectivity index (χ4n) is 3.67. The number of urea groups is 1. The van der Waals surface area contributed by atoms with Gasteiger partial charge in [-0.15, -0.1) is 0 Å². The Balaban J connectivity index is 1.76. The molecule has 5 heteroatoms. The van der Waals surface area contributed by atoms with Crippen molar-refractivity contribution in [3.8, 4) is 0 Å². The molecule has 0 aromatic rings. The van der Waals surface area contributed by atoms with Gasteiger partial charge in [0.25, 0.3) is 0 Å². The summed E-state index contributed by atoms with van der Waals surface area (Å²) in [6, 6.07) is -0.0363. The molecule has 3 aliphatic rings. The van der Waals surface area contributed by atoms with Gasteiger partial charge in [-0.1, -0.05) is 6.92 Å². The lowest BCUT2D eigenvalue weighted by Gasteiger charge is -2.36. The number of likely N-dealkylation sites (tertiary alicyclic amines) is 1. The molecule has 20 heavy (non-hydrogen) atoms. The number of amidine groups is 1. The minimum absolute atomic E-state index is 0.0363. The van der Waals surface area contributed by atoms with Crippen LogP contribution >= 0.6 is 0 Å². The summed E-state index contributed by atoms with van der Waals surface area (Å²) in [6.45, 7) is 6.30.